The number of carbonyl (C=O) groups excluding carboxylic acids is 1. The smallest absolute Gasteiger partial charge is 0.370 e. The third-order valence-electron chi connectivity index (χ3n) is 8.17. The molecular formula is C40H46O5. The van der Waals surface area contributed by atoms with Crippen molar-refractivity contribution in [3.63, 3.8) is 0 Å². The lowest BCUT2D eigenvalue weighted by Crippen LogP contribution is -2.20. The maximum Gasteiger partial charge on any atom is 0.370 e. The molecule has 0 aliphatic heterocycles. The van der Waals surface area contributed by atoms with E-state index in [9.17, 15) is 4.79 Å². The largest absolute Gasteiger partial charge is 0.391 e. The first-order chi connectivity index (χ1) is 21.9. The predicted molar refractivity (Wildman–Crippen MR) is 183 cm³/mol. The molecule has 0 radical (unpaired) electrons. The molecule has 5 heteroatoms. The second kappa shape index (κ2) is 17.5. The van der Waals surface area contributed by atoms with Crippen molar-refractivity contribution < 1.29 is 24.4 Å². The summed E-state index contributed by atoms with van der Waals surface area (Å²) in [5.74, 6) is -0.782. The van der Waals surface area contributed by atoms with E-state index in [-0.39, 0.29) is 18.1 Å². The van der Waals surface area contributed by atoms with E-state index < -0.39 is 12.6 Å². The zero-order chi connectivity index (χ0) is 32.0. The number of ether oxygens (including phenoxy) is 1. The second-order valence-electron chi connectivity index (χ2n) is 11.6. The lowest BCUT2D eigenvalue weighted by Gasteiger charge is -2.16. The monoisotopic (exact) mass is 606 g/mol. The number of carbonyl (C=O) groups is 1. The summed E-state index contributed by atoms with van der Waals surface area (Å²) in [6, 6.07) is 33.2. The van der Waals surface area contributed by atoms with E-state index in [1.807, 2.05) is 0 Å². The van der Waals surface area contributed by atoms with Crippen LogP contribution in [0.3, 0.4) is 0 Å². The number of rotatable bonds is 17. The Bertz CT molecular complexity index is 1500. The van der Waals surface area contributed by atoms with Gasteiger partial charge in [-0.2, -0.15) is 4.89 Å². The number of hydrogen-bond donors (Lipinski definition) is 1. The maximum absolute atomic E-state index is 11.6. The molecular weight excluding hydrogens is 560 g/mol. The van der Waals surface area contributed by atoms with E-state index in [4.69, 9.17) is 19.6 Å². The Hall–Kier alpha value is -4.03. The minimum atomic E-state index is -0.773. The van der Waals surface area contributed by atoms with Crippen LogP contribution in [0, 0.1) is 5.92 Å². The molecule has 0 spiro atoms. The van der Waals surface area contributed by atoms with Gasteiger partial charge in [0.2, 0.25) is 0 Å². The Labute approximate surface area is 268 Å². The number of unbranched alkanes of at least 4 members (excludes halogenated alkanes) is 2. The molecule has 4 rings (SSSR count). The zero-order valence-corrected chi connectivity index (χ0v) is 26.9. The summed E-state index contributed by atoms with van der Waals surface area (Å²) in [6.07, 6.45) is 6.63. The van der Waals surface area contributed by atoms with Crippen LogP contribution in [0.15, 0.2) is 103 Å². The van der Waals surface area contributed by atoms with Gasteiger partial charge in [-0.1, -0.05) is 124 Å². The summed E-state index contributed by atoms with van der Waals surface area (Å²) in [7, 11) is 1.63. The van der Waals surface area contributed by atoms with Gasteiger partial charge in [0.25, 0.3) is 0 Å². The third-order valence-corrected chi connectivity index (χ3v) is 8.17. The van der Waals surface area contributed by atoms with E-state index >= 15 is 0 Å². The minimum Gasteiger partial charge on any atom is -0.391 e. The number of benzene rings is 4. The molecule has 1 atom stereocenters. The highest BCUT2D eigenvalue weighted by Gasteiger charge is 2.15. The Morgan fingerprint density at radius 3 is 1.93 bits per heavy atom. The molecule has 0 aliphatic rings. The van der Waals surface area contributed by atoms with Crippen molar-refractivity contribution in [2.24, 2.45) is 5.92 Å². The highest BCUT2D eigenvalue weighted by molar-refractivity contribution is 5.87. The van der Waals surface area contributed by atoms with Crippen LogP contribution >= 0.6 is 0 Å². The number of aryl methyl sites for hydroxylation is 2. The Morgan fingerprint density at radius 2 is 1.33 bits per heavy atom. The fourth-order valence-corrected chi connectivity index (χ4v) is 5.51. The molecule has 0 fully saturated rings. The molecule has 236 valence electrons. The number of hydrogen-bond acceptors (Lipinski definition) is 5. The van der Waals surface area contributed by atoms with Crippen LogP contribution in [-0.4, -0.2) is 38.0 Å². The van der Waals surface area contributed by atoms with Crippen molar-refractivity contribution in [3.8, 4) is 33.4 Å². The lowest BCUT2D eigenvalue weighted by molar-refractivity contribution is -0.275. The van der Waals surface area contributed by atoms with Crippen LogP contribution in [0.2, 0.25) is 0 Å². The third kappa shape index (κ3) is 9.73. The normalized spacial score (nSPS) is 11.7. The molecule has 1 N–H and O–H groups in total. The van der Waals surface area contributed by atoms with Gasteiger partial charge in [-0.15, -0.1) is 0 Å². The first-order valence-electron chi connectivity index (χ1n) is 16.0. The fourth-order valence-electron chi connectivity index (χ4n) is 5.51. The van der Waals surface area contributed by atoms with Gasteiger partial charge in [-0.05, 0) is 75.8 Å². The molecule has 1 unspecified atom stereocenters. The number of aliphatic hydroxyl groups excluding tert-OH is 1. The first-order valence-corrected chi connectivity index (χ1v) is 16.0. The summed E-state index contributed by atoms with van der Waals surface area (Å²) in [6.45, 7) is 8.06. The Balaban J connectivity index is 1.39. The lowest BCUT2D eigenvalue weighted by atomic mass is 9.92. The zero-order valence-electron chi connectivity index (χ0n) is 26.9. The van der Waals surface area contributed by atoms with Gasteiger partial charge in [0.05, 0.1) is 25.4 Å². The maximum atomic E-state index is 11.6. The van der Waals surface area contributed by atoms with Crippen LogP contribution < -0.4 is 0 Å². The van der Waals surface area contributed by atoms with Crippen molar-refractivity contribution in [3.05, 3.63) is 120 Å². The predicted octanol–water partition coefficient (Wildman–Crippen LogP) is 8.81. The summed E-state index contributed by atoms with van der Waals surface area (Å²) in [4.78, 5) is 21.5. The van der Waals surface area contributed by atoms with E-state index in [1.54, 1.807) is 7.11 Å². The summed E-state index contributed by atoms with van der Waals surface area (Å²) in [5.41, 5.74) is 11.2. The highest BCUT2D eigenvalue weighted by atomic mass is 17.2. The summed E-state index contributed by atoms with van der Waals surface area (Å²) >= 11 is 0. The average molecular weight is 607 g/mol. The van der Waals surface area contributed by atoms with Gasteiger partial charge in [-0.3, -0.25) is 4.89 Å². The SMILES string of the molecule is C=C(CO)C(=O)OOCC(COC)Cc1ccc(-c2ccc(-c3ccc(-c4ccc(CCCCC)cc4)c(CC)c3)cc2)cc1. The van der Waals surface area contributed by atoms with Crippen LogP contribution in [0.25, 0.3) is 33.4 Å². The average Bonchev–Trinajstić information content (AvgIpc) is 3.08. The van der Waals surface area contributed by atoms with E-state index in [0.29, 0.717) is 13.0 Å². The topological polar surface area (TPSA) is 65.0 Å². The Morgan fingerprint density at radius 1 is 0.756 bits per heavy atom. The molecule has 0 aliphatic carbocycles. The fraction of sp³-hybridized carbons (Fsp3) is 0.325. The standard InChI is InChI=1S/C40H46O5/c1-5-7-8-9-30-10-16-37(17-11-30)39-23-22-38(25-33(39)6-2)36-20-18-35(19-21-36)34-14-12-31(13-15-34)24-32(27-43-4)28-44-45-40(42)29(3)26-41/h10-23,25,32,41H,3,5-9,24,26-28H2,1-2,4H3. The number of aliphatic hydroxyl groups is 1. The van der Waals surface area contributed by atoms with Crippen LogP contribution in [-0.2, 0) is 38.6 Å². The molecule has 0 saturated heterocycles. The van der Waals surface area contributed by atoms with Crippen LogP contribution in [0.4, 0.5) is 0 Å². The highest BCUT2D eigenvalue weighted by Crippen LogP contribution is 2.31. The van der Waals surface area contributed by atoms with Crippen LogP contribution in [0.1, 0.15) is 49.8 Å². The van der Waals surface area contributed by atoms with Crippen molar-refractivity contribution in [1.29, 1.82) is 0 Å². The van der Waals surface area contributed by atoms with E-state index in [1.165, 1.54) is 52.6 Å². The molecule has 4 aromatic carbocycles. The van der Waals surface area contributed by atoms with Gasteiger partial charge in [-0.25, -0.2) is 4.79 Å². The van der Waals surface area contributed by atoms with Crippen molar-refractivity contribution >= 4 is 5.97 Å². The van der Waals surface area contributed by atoms with E-state index in [0.717, 1.165) is 29.5 Å². The number of methoxy groups -OCH3 is 1. The van der Waals surface area contributed by atoms with Gasteiger partial charge in [0, 0.05) is 13.0 Å². The summed E-state index contributed by atoms with van der Waals surface area (Å²) in [5, 5.41) is 8.98. The van der Waals surface area contributed by atoms with Gasteiger partial charge in [0.15, 0.2) is 0 Å². The molecule has 45 heavy (non-hydrogen) atoms. The first kappa shape index (κ1) is 33.9. The quantitative estimate of drug-likeness (QED) is 0.0563. The summed E-state index contributed by atoms with van der Waals surface area (Å²) < 4.78 is 5.33. The molecule has 0 saturated carbocycles. The molecule has 0 amide bonds. The molecule has 5 nitrogen and oxygen atoms in total. The molecule has 4 aromatic rings. The van der Waals surface area contributed by atoms with Crippen molar-refractivity contribution in [1.82, 2.24) is 0 Å². The Kier molecular flexibility index (Phi) is 13.1. The van der Waals surface area contributed by atoms with E-state index in [2.05, 4.69) is 111 Å². The van der Waals surface area contributed by atoms with Crippen molar-refractivity contribution in [2.45, 2.75) is 52.4 Å². The van der Waals surface area contributed by atoms with Gasteiger partial charge >= 0.3 is 5.97 Å². The minimum absolute atomic E-state index is 0.00959. The second-order valence-corrected chi connectivity index (χ2v) is 11.6. The molecule has 0 heterocycles. The van der Waals surface area contributed by atoms with Crippen molar-refractivity contribution in [2.75, 3.05) is 26.9 Å². The van der Waals surface area contributed by atoms with Gasteiger partial charge < -0.3 is 9.84 Å². The molecule has 0 bridgehead atoms. The molecule has 0 aromatic heterocycles. The van der Waals surface area contributed by atoms with Crippen LogP contribution in [0.5, 0.6) is 0 Å². The van der Waals surface area contributed by atoms with Gasteiger partial charge in [0.1, 0.15) is 0 Å².